The Morgan fingerprint density at radius 1 is 1.56 bits per heavy atom. The number of aromatic hydroxyl groups is 1. The lowest BCUT2D eigenvalue weighted by molar-refractivity contribution is -0.352. The molecule has 0 aliphatic carbocycles. The van der Waals surface area contributed by atoms with Crippen LogP contribution in [0.3, 0.4) is 0 Å². The summed E-state index contributed by atoms with van der Waals surface area (Å²) in [4.78, 5) is 43.5. The summed E-state index contributed by atoms with van der Waals surface area (Å²) in [6.07, 6.45) is -0.482. The van der Waals surface area contributed by atoms with E-state index in [1.807, 2.05) is 0 Å². The predicted octanol–water partition coefficient (Wildman–Crippen LogP) is -0.481. The Morgan fingerprint density at radius 3 is 2.56 bits per heavy atom. The molecule has 18 heavy (non-hydrogen) atoms. The third-order valence-corrected chi connectivity index (χ3v) is 3.28. The van der Waals surface area contributed by atoms with Crippen LogP contribution >= 0.6 is 7.94 Å². The number of hydrogen-bond donors (Lipinski definition) is 2. The summed E-state index contributed by atoms with van der Waals surface area (Å²) < 4.78 is 26.2. The summed E-state index contributed by atoms with van der Waals surface area (Å²) in [6, 6.07) is 0. The molecule has 1 aromatic heterocycles. The van der Waals surface area contributed by atoms with Crippen molar-refractivity contribution in [2.24, 2.45) is 0 Å². The topological polar surface area (TPSA) is 117 Å². The normalized spacial score (nSPS) is 12.6. The highest BCUT2D eigenvalue weighted by Crippen LogP contribution is 2.54. The number of nitrogens with zero attached hydrogens (tertiary/aromatic N) is 1. The molecule has 0 fully saturated rings. The van der Waals surface area contributed by atoms with E-state index in [4.69, 9.17) is 4.89 Å². The Hall–Kier alpha value is -1.21. The van der Waals surface area contributed by atoms with Crippen molar-refractivity contribution < 1.29 is 33.4 Å². The number of aromatic nitrogens is 1. The number of hydrogen-bond acceptors (Lipinski definition) is 6. The van der Waals surface area contributed by atoms with E-state index in [2.05, 4.69) is 4.98 Å². The molecule has 6 nitrogen and oxygen atoms in total. The largest absolute Gasteiger partial charge is 0.655 e. The van der Waals surface area contributed by atoms with E-state index >= 15 is 0 Å². The van der Waals surface area contributed by atoms with E-state index in [-0.39, 0.29) is 12.0 Å². The molecule has 0 saturated carbocycles. The predicted molar refractivity (Wildman–Crippen MR) is 53.8 cm³/mol. The average Bonchev–Trinajstić information content (AvgIpc) is 2.22. The molecule has 0 radical (unpaired) electrons. The third-order valence-electron chi connectivity index (χ3n) is 2.29. The maximum absolute atomic E-state index is 13.1. The molecular weight excluding hydrogens is 271 g/mol. The molecule has 0 unspecified atom stereocenters. The number of halogens is 2. The van der Waals surface area contributed by atoms with Gasteiger partial charge in [-0.2, -0.15) is 8.78 Å². The molecule has 1 rings (SSSR count). The van der Waals surface area contributed by atoms with Crippen molar-refractivity contribution >= 4 is 14.2 Å². The van der Waals surface area contributed by atoms with Gasteiger partial charge in [-0.05, 0) is 12.5 Å². The van der Waals surface area contributed by atoms with Crippen molar-refractivity contribution in [3.05, 3.63) is 23.0 Å². The molecule has 9 heteroatoms. The Morgan fingerprint density at radius 2 is 2.11 bits per heavy atom. The van der Waals surface area contributed by atoms with Crippen LogP contribution in [0.25, 0.3) is 0 Å². The van der Waals surface area contributed by atoms with Gasteiger partial charge in [0.05, 0.1) is 17.7 Å². The van der Waals surface area contributed by atoms with Crippen molar-refractivity contribution in [3.8, 4) is 5.75 Å². The fraction of sp³-hybridized carbons (Fsp3) is 0.333. The Balaban J connectivity index is 3.21. The second kappa shape index (κ2) is 4.81. The van der Waals surface area contributed by atoms with Gasteiger partial charge in [0.1, 0.15) is 13.7 Å². The van der Waals surface area contributed by atoms with Crippen molar-refractivity contribution in [1.82, 2.24) is 4.98 Å². The third kappa shape index (κ3) is 2.78. The fourth-order valence-corrected chi connectivity index (χ4v) is 1.62. The van der Waals surface area contributed by atoms with Gasteiger partial charge in [0.15, 0.2) is 6.29 Å². The molecule has 0 atom stereocenters. The van der Waals surface area contributed by atoms with Crippen LogP contribution in [-0.4, -0.2) is 26.9 Å². The van der Waals surface area contributed by atoms with E-state index in [1.54, 1.807) is 0 Å². The Kier molecular flexibility index (Phi) is 3.97. The molecule has 0 spiro atoms. The van der Waals surface area contributed by atoms with E-state index in [1.165, 1.54) is 6.92 Å². The zero-order valence-corrected chi connectivity index (χ0v) is 10.0. The lowest BCUT2D eigenvalue weighted by Crippen LogP contribution is -2.39. The van der Waals surface area contributed by atoms with Crippen molar-refractivity contribution in [3.63, 3.8) is 0 Å². The van der Waals surface area contributed by atoms with Gasteiger partial charge in [0.2, 0.25) is 0 Å². The van der Waals surface area contributed by atoms with Crippen LogP contribution in [0.15, 0.2) is 6.20 Å². The van der Waals surface area contributed by atoms with Gasteiger partial charge in [0.25, 0.3) is 0 Å². The van der Waals surface area contributed by atoms with Gasteiger partial charge in [-0.25, -0.2) is 0 Å². The van der Waals surface area contributed by atoms with Crippen molar-refractivity contribution in [1.29, 1.82) is 0 Å². The van der Waals surface area contributed by atoms with Crippen LogP contribution in [0.2, 0.25) is 0 Å². The minimum absolute atomic E-state index is 0.0403. The molecule has 100 valence electrons. The van der Waals surface area contributed by atoms with E-state index in [0.717, 1.165) is 6.20 Å². The maximum atomic E-state index is 13.1. The first-order chi connectivity index (χ1) is 8.10. The quantitative estimate of drug-likeness (QED) is 0.568. The summed E-state index contributed by atoms with van der Waals surface area (Å²) >= 11 is 0. The highest BCUT2D eigenvalue weighted by atomic mass is 31.2. The summed E-state index contributed by atoms with van der Waals surface area (Å²) in [5.74, 6) is -0.600. The van der Waals surface area contributed by atoms with Crippen LogP contribution < -0.4 is 9.79 Å². The van der Waals surface area contributed by atoms with E-state index in [0.29, 0.717) is 0 Å². The molecule has 0 bridgehead atoms. The zero-order chi connectivity index (χ0) is 14.1. The number of rotatable bonds is 4. The van der Waals surface area contributed by atoms with Gasteiger partial charge in [-0.1, -0.05) is 0 Å². The lowest BCUT2D eigenvalue weighted by Gasteiger charge is -2.34. The van der Waals surface area contributed by atoms with Crippen molar-refractivity contribution in [2.45, 2.75) is 19.0 Å². The molecule has 0 aromatic carbocycles. The fourth-order valence-electron chi connectivity index (χ4n) is 1.25. The van der Waals surface area contributed by atoms with Gasteiger partial charge >= 0.3 is 5.66 Å². The highest BCUT2D eigenvalue weighted by molar-refractivity contribution is 7.57. The molecule has 1 aromatic rings. The molecule has 0 saturated heterocycles. The number of carbonyl (C=O) groups is 1. The average molecular weight is 280 g/mol. The van der Waals surface area contributed by atoms with Crippen LogP contribution in [0.5, 0.6) is 5.75 Å². The molecule has 2 N–H and O–H groups in total. The maximum Gasteiger partial charge on any atom is 0.373 e. The first-order valence-electron chi connectivity index (χ1n) is 4.64. The summed E-state index contributed by atoms with van der Waals surface area (Å²) in [5, 5.41) is 9.43. The van der Waals surface area contributed by atoms with Crippen LogP contribution in [0.4, 0.5) is 8.78 Å². The second-order valence-electron chi connectivity index (χ2n) is 3.61. The monoisotopic (exact) mass is 280 g/mol. The molecule has 0 amide bonds. The zero-order valence-electron chi connectivity index (χ0n) is 9.13. The van der Waals surface area contributed by atoms with Gasteiger partial charge < -0.3 is 14.9 Å². The number of aldehydes is 1. The number of carbonyl (C=O) groups excluding carboxylic acids is 1. The molecule has 1 heterocycles. The standard InChI is InChI=1S/C9H10F2NO5P/c1-5-8(14)7(4-13)6(3-12-5)2-9(10,11)18(15,16)17/h3-4,14H,2H2,1H3,(H2,15,16,17)/p-1. The molecular formula is C9H9F2NO5P-. The van der Waals surface area contributed by atoms with Crippen LogP contribution in [-0.2, 0) is 6.42 Å². The number of aryl methyl sites for hydroxylation is 1. The summed E-state index contributed by atoms with van der Waals surface area (Å²) in [5.41, 5.74) is -5.34. The summed E-state index contributed by atoms with van der Waals surface area (Å²) in [6.45, 7) is 1.34. The SMILES string of the molecule is Cc1ncc(CC(F)(F)[P+]([O-])([O-])O)c(C=O)c1O. The van der Waals surface area contributed by atoms with Crippen molar-refractivity contribution in [2.75, 3.05) is 0 Å². The Labute approximate surface area is 101 Å². The van der Waals surface area contributed by atoms with Gasteiger partial charge in [-0.15, -0.1) is 0 Å². The van der Waals surface area contributed by atoms with E-state index < -0.39 is 36.9 Å². The van der Waals surface area contributed by atoms with Crippen LogP contribution in [0.1, 0.15) is 21.6 Å². The first-order valence-corrected chi connectivity index (χ1v) is 6.22. The lowest BCUT2D eigenvalue weighted by atomic mass is 10.1. The van der Waals surface area contributed by atoms with Gasteiger partial charge in [0, 0.05) is 6.20 Å². The number of pyridine rings is 1. The van der Waals surface area contributed by atoms with Gasteiger partial charge in [-0.3, -0.25) is 14.7 Å². The second-order valence-corrected chi connectivity index (χ2v) is 5.31. The Bertz CT molecular complexity index is 475. The smallest absolute Gasteiger partial charge is 0.373 e. The first kappa shape index (κ1) is 14.8. The number of alkyl halides is 2. The summed E-state index contributed by atoms with van der Waals surface area (Å²) in [7, 11) is -5.90. The minimum Gasteiger partial charge on any atom is -0.655 e. The minimum atomic E-state index is -5.90. The van der Waals surface area contributed by atoms with E-state index in [9.17, 15) is 28.5 Å². The van der Waals surface area contributed by atoms with Crippen LogP contribution in [0, 0.1) is 6.92 Å². The molecule has 0 aliphatic heterocycles. The highest BCUT2D eigenvalue weighted by Gasteiger charge is 2.46. The molecule has 0 aliphatic rings.